The number of carbonyl (C=O) groups is 2. The largest absolute Gasteiger partial charge is 0.477 e. The molecule has 44 heavy (non-hydrogen) atoms. The summed E-state index contributed by atoms with van der Waals surface area (Å²) < 4.78 is 27.1. The number of hydrogen-bond donors (Lipinski definition) is 13. The third-order valence-electron chi connectivity index (χ3n) is 7.77. The first kappa shape index (κ1) is 36.8. The number of aliphatic hydroxyl groups excluding tert-OH is 11. The van der Waals surface area contributed by atoms with Crippen LogP contribution < -0.4 is 5.32 Å². The van der Waals surface area contributed by atoms with E-state index in [4.69, 9.17) is 23.7 Å². The molecule has 0 aromatic carbocycles. The number of rotatable bonds is 12. The van der Waals surface area contributed by atoms with Crippen molar-refractivity contribution in [2.45, 2.75) is 111 Å². The van der Waals surface area contributed by atoms with E-state index in [-0.39, 0.29) is 0 Å². The zero-order valence-electron chi connectivity index (χ0n) is 23.5. The fraction of sp³-hybridized carbons (Fsp3) is 0.917. The van der Waals surface area contributed by atoms with E-state index in [0.29, 0.717) is 0 Å². The first-order valence-electron chi connectivity index (χ1n) is 13.6. The van der Waals surface area contributed by atoms with Crippen LogP contribution in [-0.2, 0) is 33.3 Å². The molecule has 0 spiro atoms. The van der Waals surface area contributed by atoms with Crippen LogP contribution in [0.25, 0.3) is 0 Å². The summed E-state index contributed by atoms with van der Waals surface area (Å²) in [6.45, 7) is -2.52. The van der Waals surface area contributed by atoms with Gasteiger partial charge in [-0.25, -0.2) is 4.79 Å². The fourth-order valence-electron chi connectivity index (χ4n) is 5.34. The molecular formula is C24H41NO19. The minimum absolute atomic E-state index is 0.455. The van der Waals surface area contributed by atoms with Gasteiger partial charge < -0.3 is 90.3 Å². The van der Waals surface area contributed by atoms with Crippen LogP contribution in [0.2, 0.25) is 0 Å². The van der Waals surface area contributed by atoms with Gasteiger partial charge in [0, 0.05) is 19.8 Å². The number of carboxylic acids is 1. The zero-order valence-corrected chi connectivity index (χ0v) is 23.5. The smallest absolute Gasteiger partial charge is 0.364 e. The molecule has 3 saturated heterocycles. The number of ether oxygens (including phenoxy) is 5. The molecule has 0 bridgehead atoms. The number of hydrogen-bond acceptors (Lipinski definition) is 18. The van der Waals surface area contributed by atoms with E-state index in [0.717, 1.165) is 6.92 Å². The van der Waals surface area contributed by atoms with E-state index < -0.39 is 142 Å². The summed E-state index contributed by atoms with van der Waals surface area (Å²) in [7, 11) is 0. The van der Waals surface area contributed by atoms with Crippen LogP contribution in [0.5, 0.6) is 0 Å². The normalized spacial score (nSPS) is 44.5. The van der Waals surface area contributed by atoms with Crippen LogP contribution in [0, 0.1) is 0 Å². The maximum absolute atomic E-state index is 12.5. The van der Waals surface area contributed by atoms with E-state index in [1.807, 2.05) is 0 Å². The molecule has 20 nitrogen and oxygen atoms in total. The number of aliphatic carboxylic acids is 1. The van der Waals surface area contributed by atoms with Gasteiger partial charge in [-0.3, -0.25) is 4.79 Å². The summed E-state index contributed by atoms with van der Waals surface area (Å²) in [5.74, 6) is -5.68. The van der Waals surface area contributed by atoms with Gasteiger partial charge >= 0.3 is 5.97 Å². The van der Waals surface area contributed by atoms with Crippen LogP contribution in [0.3, 0.4) is 0 Å². The van der Waals surface area contributed by atoms with Crippen molar-refractivity contribution in [3.05, 3.63) is 0 Å². The van der Waals surface area contributed by atoms with Crippen molar-refractivity contribution >= 4 is 11.9 Å². The molecule has 3 aliphatic rings. The highest BCUT2D eigenvalue weighted by atomic mass is 16.8. The predicted molar refractivity (Wildman–Crippen MR) is 135 cm³/mol. The molecule has 0 radical (unpaired) electrons. The monoisotopic (exact) mass is 647 g/mol. The average Bonchev–Trinajstić information content (AvgIpc) is 2.97. The van der Waals surface area contributed by atoms with Crippen LogP contribution >= 0.6 is 0 Å². The molecule has 3 rings (SSSR count). The first-order chi connectivity index (χ1) is 20.5. The molecule has 13 N–H and O–H groups in total. The second-order valence-electron chi connectivity index (χ2n) is 11.1. The summed E-state index contributed by atoms with van der Waals surface area (Å²) in [4.78, 5) is 24.3. The maximum atomic E-state index is 12.5. The van der Waals surface area contributed by atoms with Crippen molar-refractivity contribution < 1.29 is 94.6 Å². The van der Waals surface area contributed by atoms with Crippen molar-refractivity contribution in [3.63, 3.8) is 0 Å². The van der Waals surface area contributed by atoms with Gasteiger partial charge in [-0.15, -0.1) is 0 Å². The SMILES string of the molecule is CC(=O)N[C@@H]1C(O)C[C@](OC2[C@H](O)C(OCC3(CO)CC(O)C(O)[C@H](O)O3)OC(CO)[C@@H]2O)(C(=O)O)OC1[C@H](O)[C@H](O)CO. The Morgan fingerprint density at radius 2 is 1.61 bits per heavy atom. The lowest BCUT2D eigenvalue weighted by atomic mass is 9.88. The first-order valence-corrected chi connectivity index (χ1v) is 13.6. The molecule has 3 fully saturated rings. The van der Waals surface area contributed by atoms with Gasteiger partial charge in [0.2, 0.25) is 5.91 Å². The van der Waals surface area contributed by atoms with Crippen molar-refractivity contribution in [2.24, 2.45) is 0 Å². The molecule has 20 heteroatoms. The Hall–Kier alpha value is -1.70. The van der Waals surface area contributed by atoms with Gasteiger partial charge in [0.1, 0.15) is 54.4 Å². The second kappa shape index (κ2) is 14.8. The summed E-state index contributed by atoms with van der Waals surface area (Å²) in [5, 5.41) is 124. The summed E-state index contributed by atoms with van der Waals surface area (Å²) in [5.41, 5.74) is -1.84. The number of carbonyl (C=O) groups excluding carboxylic acids is 1. The molecule has 0 aliphatic carbocycles. The van der Waals surface area contributed by atoms with Crippen LogP contribution in [-0.4, -0.2) is 191 Å². The third kappa shape index (κ3) is 7.63. The molecule has 3 aliphatic heterocycles. The van der Waals surface area contributed by atoms with Gasteiger partial charge in [0.05, 0.1) is 44.7 Å². The average molecular weight is 648 g/mol. The van der Waals surface area contributed by atoms with E-state index in [1.54, 1.807) is 0 Å². The van der Waals surface area contributed by atoms with Crippen molar-refractivity contribution in [3.8, 4) is 0 Å². The number of carboxylic acid groups (broad SMARTS) is 1. The van der Waals surface area contributed by atoms with Gasteiger partial charge in [-0.2, -0.15) is 0 Å². The van der Waals surface area contributed by atoms with Crippen LogP contribution in [0.1, 0.15) is 19.8 Å². The summed E-state index contributed by atoms with van der Waals surface area (Å²) in [6.07, 6.45) is -24.1. The molecule has 1 amide bonds. The molecule has 0 saturated carbocycles. The lowest BCUT2D eigenvalue weighted by Gasteiger charge is -2.50. The van der Waals surface area contributed by atoms with E-state index in [9.17, 15) is 70.9 Å². The summed E-state index contributed by atoms with van der Waals surface area (Å²) in [6, 6.07) is -1.53. The zero-order chi connectivity index (χ0) is 33.1. The lowest BCUT2D eigenvalue weighted by molar-refractivity contribution is -0.375. The fourth-order valence-corrected chi connectivity index (χ4v) is 5.34. The van der Waals surface area contributed by atoms with E-state index in [2.05, 4.69) is 5.32 Å². The number of amides is 1. The van der Waals surface area contributed by atoms with E-state index >= 15 is 0 Å². The van der Waals surface area contributed by atoms with Gasteiger partial charge in [0.25, 0.3) is 5.79 Å². The molecule has 0 aromatic rings. The minimum atomic E-state index is -2.99. The molecule has 3 heterocycles. The third-order valence-corrected chi connectivity index (χ3v) is 7.77. The predicted octanol–water partition coefficient (Wildman–Crippen LogP) is -7.83. The van der Waals surface area contributed by atoms with Crippen LogP contribution in [0.15, 0.2) is 0 Å². The molecule has 256 valence electrons. The highest BCUT2D eigenvalue weighted by molar-refractivity contribution is 5.76. The Morgan fingerprint density at radius 3 is 2.14 bits per heavy atom. The van der Waals surface area contributed by atoms with Gasteiger partial charge in [-0.1, -0.05) is 0 Å². The summed E-state index contributed by atoms with van der Waals surface area (Å²) >= 11 is 0. The quantitative estimate of drug-likeness (QED) is 0.0935. The van der Waals surface area contributed by atoms with Crippen molar-refractivity contribution in [2.75, 3.05) is 26.4 Å². The van der Waals surface area contributed by atoms with Gasteiger partial charge in [0.15, 0.2) is 12.6 Å². The maximum Gasteiger partial charge on any atom is 0.364 e. The number of nitrogens with one attached hydrogen (secondary N) is 1. The lowest BCUT2D eigenvalue weighted by Crippen LogP contribution is -2.70. The second-order valence-corrected chi connectivity index (χ2v) is 11.1. The Morgan fingerprint density at radius 1 is 0.955 bits per heavy atom. The molecule has 8 unspecified atom stereocenters. The Labute approximate surface area is 249 Å². The van der Waals surface area contributed by atoms with E-state index in [1.165, 1.54) is 0 Å². The molecule has 0 aromatic heterocycles. The molecular weight excluding hydrogens is 606 g/mol. The van der Waals surface area contributed by atoms with Crippen molar-refractivity contribution in [1.29, 1.82) is 0 Å². The Bertz CT molecular complexity index is 962. The standard InChI is InChI=1S/C24H41NO19/c1-8(29)25-13-9(30)3-24(22(38)39,42-18(13)14(33)11(32)4-26)43-19-16(35)12(5-27)41-21(17(19)36)40-7-23(6-28)2-10(31)15(34)20(37)44-23/h9-21,26-28,30-37H,2-7H2,1H3,(H,25,29)(H,38,39)/t9?,10?,11-,12?,13-,14-,15?,16+,17+,18?,19?,20-,21?,23?,24+/m1/s1. The highest BCUT2D eigenvalue weighted by Gasteiger charge is 2.59. The highest BCUT2D eigenvalue weighted by Crippen LogP contribution is 2.38. The minimum Gasteiger partial charge on any atom is -0.477 e. The Balaban J connectivity index is 1.89. The van der Waals surface area contributed by atoms with Gasteiger partial charge in [-0.05, 0) is 0 Å². The molecule has 15 atom stereocenters. The number of aliphatic hydroxyl groups is 11. The van der Waals surface area contributed by atoms with Crippen LogP contribution in [0.4, 0.5) is 0 Å². The Kier molecular flexibility index (Phi) is 12.4. The topological polar surface area (TPSA) is 335 Å². The van der Waals surface area contributed by atoms with Crippen molar-refractivity contribution in [1.82, 2.24) is 5.32 Å².